The molecule has 0 amide bonds. The Labute approximate surface area is 125 Å². The quantitative estimate of drug-likeness (QED) is 0.699. The molecule has 0 aliphatic heterocycles. The number of hydrogen-bond acceptors (Lipinski definition) is 1. The van der Waals surface area contributed by atoms with E-state index in [1.165, 1.54) is 49.0 Å². The molecule has 112 valence electrons. The van der Waals surface area contributed by atoms with Crippen molar-refractivity contribution < 1.29 is 0 Å². The molecule has 1 aliphatic carbocycles. The van der Waals surface area contributed by atoms with Gasteiger partial charge in [0, 0.05) is 19.3 Å². The first-order valence-corrected chi connectivity index (χ1v) is 8.53. The van der Waals surface area contributed by atoms with Crippen LogP contribution in [0.2, 0.25) is 0 Å². The van der Waals surface area contributed by atoms with Gasteiger partial charge in [0.15, 0.2) is 0 Å². The van der Waals surface area contributed by atoms with Crippen LogP contribution in [0.5, 0.6) is 0 Å². The van der Waals surface area contributed by atoms with E-state index < -0.39 is 0 Å². The Morgan fingerprint density at radius 3 is 2.15 bits per heavy atom. The van der Waals surface area contributed by atoms with Gasteiger partial charge in [0.1, 0.15) is 0 Å². The molecule has 0 N–H and O–H groups in total. The van der Waals surface area contributed by atoms with Gasteiger partial charge in [0.05, 0.1) is 0 Å². The van der Waals surface area contributed by atoms with Crippen molar-refractivity contribution in [2.45, 2.75) is 59.3 Å². The Bertz CT molecular complexity index is 402. The van der Waals surface area contributed by atoms with Gasteiger partial charge in [0.25, 0.3) is 0 Å². The zero-order chi connectivity index (χ0) is 14.5. The van der Waals surface area contributed by atoms with E-state index in [1.807, 2.05) is 0 Å². The first-order valence-electron chi connectivity index (χ1n) is 8.53. The van der Waals surface area contributed by atoms with E-state index in [9.17, 15) is 0 Å². The van der Waals surface area contributed by atoms with Crippen LogP contribution in [0.1, 0.15) is 57.6 Å². The van der Waals surface area contributed by atoms with Crippen molar-refractivity contribution in [1.29, 1.82) is 0 Å². The van der Waals surface area contributed by atoms with E-state index in [0.29, 0.717) is 0 Å². The summed E-state index contributed by atoms with van der Waals surface area (Å²) in [6.45, 7) is 8.15. The summed E-state index contributed by atoms with van der Waals surface area (Å²) in [5, 5.41) is 0. The molecule has 20 heavy (non-hydrogen) atoms. The molecule has 1 nitrogen and oxygen atoms in total. The second-order valence-corrected chi connectivity index (χ2v) is 6.37. The number of rotatable bonds is 6. The van der Waals surface area contributed by atoms with Crippen molar-refractivity contribution in [2.75, 3.05) is 18.5 Å². The van der Waals surface area contributed by atoms with Crippen molar-refractivity contribution in [3.63, 3.8) is 0 Å². The highest BCUT2D eigenvalue weighted by Gasteiger charge is 2.27. The Kier molecular flexibility index (Phi) is 5.51. The largest absolute Gasteiger partial charge is 0.374 e. The number of nitrogens with zero attached hydrogens (tertiary/aromatic N) is 1. The van der Waals surface area contributed by atoms with Crippen LogP contribution in [0.4, 0.5) is 5.69 Å². The molecule has 1 heteroatoms. The monoisotopic (exact) mass is 273 g/mol. The van der Waals surface area contributed by atoms with Crippen LogP contribution in [-0.4, -0.2) is 13.6 Å². The molecule has 1 saturated carbocycles. The third-order valence-corrected chi connectivity index (χ3v) is 5.20. The van der Waals surface area contributed by atoms with Gasteiger partial charge >= 0.3 is 0 Å². The molecule has 1 aromatic rings. The summed E-state index contributed by atoms with van der Waals surface area (Å²) >= 11 is 0. The highest BCUT2D eigenvalue weighted by molar-refractivity contribution is 5.59. The fourth-order valence-electron chi connectivity index (χ4n) is 4.04. The molecule has 0 bridgehead atoms. The first-order chi connectivity index (χ1) is 9.71. The lowest BCUT2D eigenvalue weighted by Crippen LogP contribution is -2.29. The van der Waals surface area contributed by atoms with Gasteiger partial charge in [-0.2, -0.15) is 0 Å². The fourth-order valence-corrected chi connectivity index (χ4v) is 4.04. The van der Waals surface area contributed by atoms with Crippen molar-refractivity contribution in [3.8, 4) is 0 Å². The van der Waals surface area contributed by atoms with Gasteiger partial charge in [-0.25, -0.2) is 0 Å². The van der Waals surface area contributed by atoms with Crippen LogP contribution < -0.4 is 4.90 Å². The van der Waals surface area contributed by atoms with Crippen molar-refractivity contribution in [3.05, 3.63) is 29.3 Å². The minimum Gasteiger partial charge on any atom is -0.374 e. The number of aryl methyl sites for hydroxylation is 2. The minimum atomic E-state index is 0.902. The smallest absolute Gasteiger partial charge is 0.0428 e. The number of benzene rings is 1. The predicted molar refractivity (Wildman–Crippen MR) is 89.6 cm³/mol. The molecule has 0 saturated heterocycles. The van der Waals surface area contributed by atoms with E-state index >= 15 is 0 Å². The summed E-state index contributed by atoms with van der Waals surface area (Å²) < 4.78 is 0. The normalized spacial score (nSPS) is 22.2. The molecule has 2 rings (SSSR count). The zero-order valence-electron chi connectivity index (χ0n) is 13.8. The predicted octanol–water partition coefficient (Wildman–Crippen LogP) is 5.07. The van der Waals surface area contributed by atoms with Crippen molar-refractivity contribution in [2.24, 2.45) is 11.8 Å². The maximum Gasteiger partial charge on any atom is 0.0428 e. The molecule has 1 aliphatic rings. The molecule has 0 aromatic heterocycles. The average molecular weight is 273 g/mol. The number of anilines is 1. The molecule has 1 fully saturated rings. The summed E-state index contributed by atoms with van der Waals surface area (Å²) in [7, 11) is 2.30. The van der Waals surface area contributed by atoms with Crippen LogP contribution in [-0.2, 0) is 12.8 Å². The molecule has 0 heterocycles. The van der Waals surface area contributed by atoms with Crippen LogP contribution in [0.15, 0.2) is 18.2 Å². The molecular formula is C19H31N. The van der Waals surface area contributed by atoms with Crippen molar-refractivity contribution in [1.82, 2.24) is 0 Å². The lowest BCUT2D eigenvalue weighted by atomic mass is 9.92. The number of hydrogen-bond donors (Lipinski definition) is 0. The maximum absolute atomic E-state index is 2.55. The van der Waals surface area contributed by atoms with Gasteiger partial charge in [-0.1, -0.05) is 58.2 Å². The molecule has 0 spiro atoms. The van der Waals surface area contributed by atoms with Gasteiger partial charge in [0.2, 0.25) is 0 Å². The van der Waals surface area contributed by atoms with Crippen LogP contribution in [0, 0.1) is 11.8 Å². The summed E-state index contributed by atoms with van der Waals surface area (Å²) in [5.74, 6) is 1.86. The van der Waals surface area contributed by atoms with E-state index in [4.69, 9.17) is 0 Å². The molecule has 2 unspecified atom stereocenters. The van der Waals surface area contributed by atoms with Gasteiger partial charge in [-0.05, 0) is 42.2 Å². The standard InChI is InChI=1S/C19H31N/c1-5-15-10-8-13-18(15)14-20(4)19-16(6-2)11-9-12-17(19)7-3/h9,11-12,15,18H,5-8,10,13-14H2,1-4H3. The molecular weight excluding hydrogens is 242 g/mol. The van der Waals surface area contributed by atoms with E-state index in [2.05, 4.69) is 50.9 Å². The zero-order valence-corrected chi connectivity index (χ0v) is 13.8. The lowest BCUT2D eigenvalue weighted by Gasteiger charge is -2.30. The summed E-state index contributed by atoms with van der Waals surface area (Å²) in [6.07, 6.45) is 7.94. The molecule has 1 aromatic carbocycles. The Hall–Kier alpha value is -0.980. The highest BCUT2D eigenvalue weighted by atomic mass is 15.1. The van der Waals surface area contributed by atoms with Crippen LogP contribution in [0.3, 0.4) is 0 Å². The summed E-state index contributed by atoms with van der Waals surface area (Å²) in [5.41, 5.74) is 4.54. The van der Waals surface area contributed by atoms with Gasteiger partial charge < -0.3 is 4.90 Å². The average Bonchev–Trinajstić information content (AvgIpc) is 2.93. The Morgan fingerprint density at radius 2 is 1.60 bits per heavy atom. The van der Waals surface area contributed by atoms with Gasteiger partial charge in [-0.15, -0.1) is 0 Å². The minimum absolute atomic E-state index is 0.902. The third-order valence-electron chi connectivity index (χ3n) is 5.20. The van der Waals surface area contributed by atoms with E-state index in [-0.39, 0.29) is 0 Å². The second kappa shape index (κ2) is 7.15. The topological polar surface area (TPSA) is 3.24 Å². The van der Waals surface area contributed by atoms with E-state index in [0.717, 1.165) is 24.7 Å². The summed E-state index contributed by atoms with van der Waals surface area (Å²) in [4.78, 5) is 2.55. The summed E-state index contributed by atoms with van der Waals surface area (Å²) in [6, 6.07) is 6.83. The maximum atomic E-state index is 2.55. The van der Waals surface area contributed by atoms with Crippen molar-refractivity contribution >= 4 is 5.69 Å². The number of para-hydroxylation sites is 1. The van der Waals surface area contributed by atoms with E-state index in [1.54, 1.807) is 0 Å². The second-order valence-electron chi connectivity index (χ2n) is 6.37. The molecule has 0 radical (unpaired) electrons. The highest BCUT2D eigenvalue weighted by Crippen LogP contribution is 2.36. The third kappa shape index (κ3) is 3.19. The van der Waals surface area contributed by atoms with Crippen LogP contribution >= 0.6 is 0 Å². The SMILES string of the molecule is CCc1cccc(CC)c1N(C)CC1CCCC1CC. The Balaban J connectivity index is 2.18. The Morgan fingerprint density at radius 1 is 1.00 bits per heavy atom. The van der Waals surface area contributed by atoms with Crippen LogP contribution in [0.25, 0.3) is 0 Å². The van der Waals surface area contributed by atoms with Gasteiger partial charge in [-0.3, -0.25) is 0 Å². The first kappa shape index (κ1) is 15.4. The fraction of sp³-hybridized carbons (Fsp3) is 0.684. The lowest BCUT2D eigenvalue weighted by molar-refractivity contribution is 0.380. The molecule has 2 atom stereocenters.